The summed E-state index contributed by atoms with van der Waals surface area (Å²) in [5.74, 6) is 0.129. The molecule has 1 amide bonds. The van der Waals surface area contributed by atoms with Crippen LogP contribution in [0.25, 0.3) is 10.9 Å². The maximum absolute atomic E-state index is 12.6. The van der Waals surface area contributed by atoms with Gasteiger partial charge >= 0.3 is 0 Å². The number of rotatable bonds is 7. The first-order chi connectivity index (χ1) is 14.0. The fourth-order valence-electron chi connectivity index (χ4n) is 3.54. The summed E-state index contributed by atoms with van der Waals surface area (Å²) in [6.07, 6.45) is 5.92. The van der Waals surface area contributed by atoms with Gasteiger partial charge in [-0.2, -0.15) is 0 Å². The summed E-state index contributed by atoms with van der Waals surface area (Å²) in [5.41, 5.74) is -0.0498. The number of carbonyl (C=O) groups excluding carboxylic acids is 1. The molecule has 0 bridgehead atoms. The van der Waals surface area contributed by atoms with Crippen LogP contribution in [0.1, 0.15) is 49.9 Å². The van der Waals surface area contributed by atoms with Gasteiger partial charge in [0.1, 0.15) is 0 Å². The lowest BCUT2D eigenvalue weighted by atomic mass is 9.92. The van der Waals surface area contributed by atoms with Gasteiger partial charge in [0, 0.05) is 30.2 Å². The van der Waals surface area contributed by atoms with E-state index < -0.39 is 15.6 Å². The van der Waals surface area contributed by atoms with E-state index in [4.69, 9.17) is 0 Å². The molecule has 0 aliphatic heterocycles. The normalized spacial score (nSPS) is 20.1. The highest BCUT2D eigenvalue weighted by Crippen LogP contribution is 2.23. The summed E-state index contributed by atoms with van der Waals surface area (Å²) in [5, 5.41) is 16.6. The van der Waals surface area contributed by atoms with Crippen molar-refractivity contribution in [2.45, 2.75) is 57.2 Å². The largest absolute Gasteiger partial charge is 0.389 e. The Hall–Kier alpha value is -2.30. The zero-order chi connectivity index (χ0) is 21.9. The Balaban J connectivity index is 1.70. The number of carbonyl (C=O) groups is 1. The highest BCUT2D eigenvalue weighted by atomic mass is 32.2. The molecule has 1 aromatic carbocycles. The van der Waals surface area contributed by atoms with Crippen LogP contribution >= 0.6 is 0 Å². The average molecular weight is 436 g/mol. The van der Waals surface area contributed by atoms with Gasteiger partial charge < -0.3 is 15.7 Å². The third-order valence-electron chi connectivity index (χ3n) is 4.98. The molecular weight excluding hydrogens is 406 g/mol. The standard InChI is InChI=1S/C20H29N5O4S/c1-20(2,27)12-22-18(26)16-6-4-5-13-11-21-19(24-17(13)16)23-14-7-9-15(10-8-14)25-30(3,28)29/h4-6,11,14-15,25,27H,7-10,12H2,1-3H3,(H,22,26)(H,21,23,24)/t14-,15-. The summed E-state index contributed by atoms with van der Waals surface area (Å²) >= 11 is 0. The first kappa shape index (κ1) is 22.4. The number of anilines is 1. The predicted octanol–water partition coefficient (Wildman–Crippen LogP) is 1.40. The number of nitrogens with one attached hydrogen (secondary N) is 3. The third-order valence-corrected chi connectivity index (χ3v) is 5.74. The van der Waals surface area contributed by atoms with Crippen molar-refractivity contribution < 1.29 is 18.3 Å². The van der Waals surface area contributed by atoms with Crippen molar-refractivity contribution in [3.8, 4) is 0 Å². The van der Waals surface area contributed by atoms with Gasteiger partial charge in [0.15, 0.2) is 0 Å². The maximum Gasteiger partial charge on any atom is 0.253 e. The monoisotopic (exact) mass is 435 g/mol. The molecule has 1 saturated carbocycles. The van der Waals surface area contributed by atoms with Crippen LogP contribution in [0, 0.1) is 0 Å². The molecule has 2 aromatic rings. The van der Waals surface area contributed by atoms with Crippen LogP contribution in [0.5, 0.6) is 0 Å². The molecule has 0 atom stereocenters. The van der Waals surface area contributed by atoms with E-state index in [9.17, 15) is 18.3 Å². The van der Waals surface area contributed by atoms with E-state index in [1.165, 1.54) is 6.26 Å². The van der Waals surface area contributed by atoms with Crippen molar-refractivity contribution in [2.24, 2.45) is 0 Å². The lowest BCUT2D eigenvalue weighted by Gasteiger charge is -2.29. The zero-order valence-corrected chi connectivity index (χ0v) is 18.3. The molecule has 1 fully saturated rings. The molecule has 3 rings (SSSR count). The average Bonchev–Trinajstić information content (AvgIpc) is 2.65. The van der Waals surface area contributed by atoms with Crippen molar-refractivity contribution in [1.82, 2.24) is 20.0 Å². The molecule has 1 aliphatic carbocycles. The van der Waals surface area contributed by atoms with Gasteiger partial charge in [-0.15, -0.1) is 0 Å². The van der Waals surface area contributed by atoms with Gasteiger partial charge in [-0.05, 0) is 45.6 Å². The maximum atomic E-state index is 12.6. The van der Waals surface area contributed by atoms with E-state index in [1.54, 1.807) is 32.2 Å². The minimum absolute atomic E-state index is 0.0401. The number of aliphatic hydroxyl groups is 1. The number of fused-ring (bicyclic) bond motifs is 1. The molecular formula is C20H29N5O4S. The Labute approximate surface area is 176 Å². The highest BCUT2D eigenvalue weighted by molar-refractivity contribution is 7.88. The van der Waals surface area contributed by atoms with Gasteiger partial charge in [0.25, 0.3) is 5.91 Å². The quantitative estimate of drug-likeness (QED) is 0.517. The molecule has 4 N–H and O–H groups in total. The van der Waals surface area contributed by atoms with Crippen LogP contribution in [-0.4, -0.2) is 59.9 Å². The minimum atomic E-state index is -3.20. The first-order valence-corrected chi connectivity index (χ1v) is 11.9. The Morgan fingerprint density at radius 3 is 2.50 bits per heavy atom. The third kappa shape index (κ3) is 6.35. The van der Waals surface area contributed by atoms with E-state index in [0.29, 0.717) is 17.0 Å². The minimum Gasteiger partial charge on any atom is -0.389 e. The van der Waals surface area contributed by atoms with Crippen LogP contribution in [-0.2, 0) is 10.0 Å². The molecule has 10 heteroatoms. The first-order valence-electron chi connectivity index (χ1n) is 10.0. The number of aromatic nitrogens is 2. The van der Waals surface area contributed by atoms with Crippen LogP contribution in [0.3, 0.4) is 0 Å². The van der Waals surface area contributed by atoms with Crippen molar-refractivity contribution in [3.05, 3.63) is 30.0 Å². The van der Waals surface area contributed by atoms with Gasteiger partial charge in [-0.1, -0.05) is 12.1 Å². The Morgan fingerprint density at radius 2 is 1.87 bits per heavy atom. The molecule has 1 heterocycles. The molecule has 0 spiro atoms. The number of hydrogen-bond acceptors (Lipinski definition) is 7. The van der Waals surface area contributed by atoms with Crippen LogP contribution in [0.15, 0.2) is 24.4 Å². The molecule has 164 valence electrons. The number of benzene rings is 1. The van der Waals surface area contributed by atoms with E-state index in [-0.39, 0.29) is 24.5 Å². The highest BCUT2D eigenvalue weighted by Gasteiger charge is 2.24. The number of amides is 1. The summed E-state index contributed by atoms with van der Waals surface area (Å²) < 4.78 is 25.4. The van der Waals surface area contributed by atoms with E-state index in [0.717, 1.165) is 31.1 Å². The molecule has 0 unspecified atom stereocenters. The second kappa shape index (κ2) is 8.83. The second-order valence-corrected chi connectivity index (χ2v) is 10.3. The number of para-hydroxylation sites is 1. The number of nitrogens with zero attached hydrogens (tertiary/aromatic N) is 2. The lowest BCUT2D eigenvalue weighted by molar-refractivity contribution is 0.0695. The Morgan fingerprint density at radius 1 is 1.20 bits per heavy atom. The van der Waals surface area contributed by atoms with Crippen molar-refractivity contribution >= 4 is 32.8 Å². The van der Waals surface area contributed by atoms with E-state index in [1.807, 2.05) is 6.07 Å². The molecule has 1 aromatic heterocycles. The van der Waals surface area contributed by atoms with Gasteiger partial charge in [0.2, 0.25) is 16.0 Å². The fraction of sp³-hybridized carbons (Fsp3) is 0.550. The van der Waals surface area contributed by atoms with Crippen molar-refractivity contribution in [2.75, 3.05) is 18.1 Å². The summed E-state index contributed by atoms with van der Waals surface area (Å²) in [6.45, 7) is 3.38. The number of hydrogen-bond donors (Lipinski definition) is 4. The van der Waals surface area contributed by atoms with Crippen LogP contribution in [0.4, 0.5) is 5.95 Å². The van der Waals surface area contributed by atoms with Gasteiger partial charge in [-0.3, -0.25) is 4.79 Å². The summed E-state index contributed by atoms with van der Waals surface area (Å²) in [7, 11) is -3.20. The topological polar surface area (TPSA) is 133 Å². The van der Waals surface area contributed by atoms with E-state index >= 15 is 0 Å². The number of sulfonamides is 1. The Bertz CT molecular complexity index is 1010. The second-order valence-electron chi connectivity index (χ2n) is 8.52. The van der Waals surface area contributed by atoms with Gasteiger partial charge in [-0.25, -0.2) is 23.1 Å². The molecule has 9 nitrogen and oxygen atoms in total. The fourth-order valence-corrected chi connectivity index (χ4v) is 4.38. The molecule has 30 heavy (non-hydrogen) atoms. The van der Waals surface area contributed by atoms with E-state index in [2.05, 4.69) is 25.3 Å². The van der Waals surface area contributed by atoms with Crippen molar-refractivity contribution in [3.63, 3.8) is 0 Å². The smallest absolute Gasteiger partial charge is 0.253 e. The zero-order valence-electron chi connectivity index (χ0n) is 17.5. The molecule has 0 saturated heterocycles. The van der Waals surface area contributed by atoms with Gasteiger partial charge in [0.05, 0.1) is 22.9 Å². The Kier molecular flexibility index (Phi) is 6.59. The van der Waals surface area contributed by atoms with Crippen LogP contribution in [0.2, 0.25) is 0 Å². The lowest BCUT2D eigenvalue weighted by Crippen LogP contribution is -2.39. The predicted molar refractivity (Wildman–Crippen MR) is 116 cm³/mol. The summed E-state index contributed by atoms with van der Waals surface area (Å²) in [4.78, 5) is 21.5. The van der Waals surface area contributed by atoms with Crippen LogP contribution < -0.4 is 15.4 Å². The molecule has 0 radical (unpaired) electrons. The molecule has 1 aliphatic rings. The van der Waals surface area contributed by atoms with Crippen molar-refractivity contribution in [1.29, 1.82) is 0 Å². The summed E-state index contributed by atoms with van der Waals surface area (Å²) in [6, 6.07) is 5.40. The SMILES string of the molecule is CC(C)(O)CNC(=O)c1cccc2cnc(N[C@H]3CC[C@H](NS(C)(=O)=O)CC3)nc12.